The molecule has 0 radical (unpaired) electrons. The van der Waals surface area contributed by atoms with E-state index in [9.17, 15) is 9.90 Å². The first-order chi connectivity index (χ1) is 9.62. The number of benzene rings is 1. The Labute approximate surface area is 118 Å². The summed E-state index contributed by atoms with van der Waals surface area (Å²) in [6.45, 7) is 5.12. The van der Waals surface area contributed by atoms with Crippen LogP contribution in [0.3, 0.4) is 0 Å². The highest BCUT2D eigenvalue weighted by Crippen LogP contribution is 2.25. The number of aliphatic hydroxyl groups is 1. The molecule has 5 heteroatoms. The Bertz CT molecular complexity index is 455. The molecule has 1 aromatic rings. The van der Waals surface area contributed by atoms with Crippen molar-refractivity contribution in [2.24, 2.45) is 0 Å². The van der Waals surface area contributed by atoms with Crippen LogP contribution in [0.5, 0.6) is 11.5 Å². The summed E-state index contributed by atoms with van der Waals surface area (Å²) in [5.74, 6) is 0.586. The van der Waals surface area contributed by atoms with E-state index in [1.54, 1.807) is 18.2 Å². The van der Waals surface area contributed by atoms with Crippen LogP contribution in [0.1, 0.15) is 13.3 Å². The third kappa shape index (κ3) is 4.59. The normalized spacial score (nSPS) is 11.6. The van der Waals surface area contributed by atoms with E-state index in [4.69, 9.17) is 14.2 Å². The van der Waals surface area contributed by atoms with Crippen molar-refractivity contribution >= 4 is 5.97 Å². The Hall–Kier alpha value is -2.01. The quantitative estimate of drug-likeness (QED) is 0.582. The van der Waals surface area contributed by atoms with Crippen LogP contribution in [0.4, 0.5) is 0 Å². The predicted octanol–water partition coefficient (Wildman–Crippen LogP) is 1.94. The Morgan fingerprint density at radius 2 is 2.00 bits per heavy atom. The largest absolute Gasteiger partial charge is 0.493 e. The summed E-state index contributed by atoms with van der Waals surface area (Å²) in [5, 5.41) is 9.22. The zero-order valence-corrected chi connectivity index (χ0v) is 11.8. The molecule has 0 aliphatic carbocycles. The molecule has 0 amide bonds. The monoisotopic (exact) mass is 280 g/mol. The molecule has 0 aliphatic heterocycles. The van der Waals surface area contributed by atoms with Crippen LogP contribution in [0.2, 0.25) is 0 Å². The van der Waals surface area contributed by atoms with Gasteiger partial charge in [-0.05, 0) is 18.6 Å². The number of esters is 1. The van der Waals surface area contributed by atoms with Crippen molar-refractivity contribution in [1.29, 1.82) is 0 Å². The summed E-state index contributed by atoms with van der Waals surface area (Å²) in [7, 11) is 1.54. The van der Waals surface area contributed by atoms with Crippen molar-refractivity contribution < 1.29 is 24.1 Å². The second kappa shape index (κ2) is 8.22. The highest BCUT2D eigenvalue weighted by atomic mass is 16.6. The highest BCUT2D eigenvalue weighted by molar-refractivity contribution is 5.87. The van der Waals surface area contributed by atoms with Crippen molar-refractivity contribution in [2.75, 3.05) is 20.3 Å². The predicted molar refractivity (Wildman–Crippen MR) is 74.9 cm³/mol. The zero-order valence-electron chi connectivity index (χ0n) is 11.8. The summed E-state index contributed by atoms with van der Waals surface area (Å²) < 4.78 is 15.7. The van der Waals surface area contributed by atoms with Gasteiger partial charge in [-0.15, -0.1) is 0 Å². The Kier molecular flexibility index (Phi) is 6.59. The minimum Gasteiger partial charge on any atom is -0.493 e. The lowest BCUT2D eigenvalue weighted by Gasteiger charge is -2.17. The fraction of sp³-hybridized carbons (Fsp3) is 0.400. The number of para-hydroxylation sites is 2. The van der Waals surface area contributed by atoms with Crippen LogP contribution >= 0.6 is 0 Å². The SMILES string of the molecule is C=C(CC)C(=O)OC(CO)COc1ccccc1OC. The molecular weight excluding hydrogens is 260 g/mol. The van der Waals surface area contributed by atoms with Gasteiger partial charge in [0.15, 0.2) is 17.6 Å². The third-order valence-corrected chi connectivity index (χ3v) is 2.69. The van der Waals surface area contributed by atoms with Gasteiger partial charge in [-0.2, -0.15) is 0 Å². The van der Waals surface area contributed by atoms with Crippen molar-refractivity contribution in [3.8, 4) is 11.5 Å². The molecule has 5 nitrogen and oxygen atoms in total. The first-order valence-corrected chi connectivity index (χ1v) is 6.37. The summed E-state index contributed by atoms with van der Waals surface area (Å²) in [6, 6.07) is 7.12. The number of hydrogen-bond donors (Lipinski definition) is 1. The molecule has 0 spiro atoms. The maximum absolute atomic E-state index is 11.6. The molecule has 20 heavy (non-hydrogen) atoms. The number of hydrogen-bond acceptors (Lipinski definition) is 5. The van der Waals surface area contributed by atoms with Crippen molar-refractivity contribution in [2.45, 2.75) is 19.4 Å². The van der Waals surface area contributed by atoms with E-state index in [-0.39, 0.29) is 13.2 Å². The number of methoxy groups -OCH3 is 1. The molecule has 0 aromatic heterocycles. The lowest BCUT2D eigenvalue weighted by molar-refractivity contribution is -0.148. The lowest BCUT2D eigenvalue weighted by Crippen LogP contribution is -2.29. The smallest absolute Gasteiger partial charge is 0.333 e. The average Bonchev–Trinajstić information content (AvgIpc) is 2.50. The molecule has 1 rings (SSSR count). The van der Waals surface area contributed by atoms with Gasteiger partial charge in [0.2, 0.25) is 0 Å². The van der Waals surface area contributed by atoms with Crippen LogP contribution in [0.15, 0.2) is 36.4 Å². The fourth-order valence-electron chi connectivity index (χ4n) is 1.42. The molecule has 0 fully saturated rings. The molecular formula is C15H20O5. The van der Waals surface area contributed by atoms with Gasteiger partial charge in [-0.1, -0.05) is 25.6 Å². The lowest BCUT2D eigenvalue weighted by atomic mass is 10.2. The van der Waals surface area contributed by atoms with Gasteiger partial charge < -0.3 is 19.3 Å². The molecule has 1 atom stereocenters. The number of ether oxygens (including phenoxy) is 3. The average molecular weight is 280 g/mol. The van der Waals surface area contributed by atoms with Crippen LogP contribution in [0, 0.1) is 0 Å². The first kappa shape index (κ1) is 16.0. The van der Waals surface area contributed by atoms with Gasteiger partial charge in [0.05, 0.1) is 13.7 Å². The van der Waals surface area contributed by atoms with Gasteiger partial charge >= 0.3 is 5.97 Å². The van der Waals surface area contributed by atoms with Gasteiger partial charge in [-0.3, -0.25) is 0 Å². The van der Waals surface area contributed by atoms with Crippen molar-refractivity contribution in [1.82, 2.24) is 0 Å². The van der Waals surface area contributed by atoms with Crippen LogP contribution in [0.25, 0.3) is 0 Å². The van der Waals surface area contributed by atoms with E-state index < -0.39 is 12.1 Å². The van der Waals surface area contributed by atoms with Crippen molar-refractivity contribution in [3.05, 3.63) is 36.4 Å². The van der Waals surface area contributed by atoms with Gasteiger partial charge in [-0.25, -0.2) is 4.79 Å². The highest BCUT2D eigenvalue weighted by Gasteiger charge is 2.16. The van der Waals surface area contributed by atoms with E-state index in [1.165, 1.54) is 7.11 Å². The molecule has 1 aromatic carbocycles. The maximum atomic E-state index is 11.6. The van der Waals surface area contributed by atoms with E-state index >= 15 is 0 Å². The first-order valence-electron chi connectivity index (χ1n) is 6.37. The third-order valence-electron chi connectivity index (χ3n) is 2.69. The topological polar surface area (TPSA) is 65.0 Å². The van der Waals surface area contributed by atoms with E-state index in [0.717, 1.165) is 0 Å². The van der Waals surface area contributed by atoms with E-state index in [0.29, 0.717) is 23.5 Å². The Morgan fingerprint density at radius 3 is 2.55 bits per heavy atom. The summed E-state index contributed by atoms with van der Waals surface area (Å²) >= 11 is 0. The van der Waals surface area contributed by atoms with E-state index in [2.05, 4.69) is 6.58 Å². The summed E-state index contributed by atoms with van der Waals surface area (Å²) in [6.07, 6.45) is -0.236. The van der Waals surface area contributed by atoms with Crippen LogP contribution < -0.4 is 9.47 Å². The number of aliphatic hydroxyl groups excluding tert-OH is 1. The fourth-order valence-corrected chi connectivity index (χ4v) is 1.42. The molecule has 110 valence electrons. The maximum Gasteiger partial charge on any atom is 0.333 e. The summed E-state index contributed by atoms with van der Waals surface area (Å²) in [4.78, 5) is 11.6. The van der Waals surface area contributed by atoms with E-state index in [1.807, 2.05) is 13.0 Å². The molecule has 1 unspecified atom stereocenters. The minimum absolute atomic E-state index is 0.0413. The molecule has 1 N–H and O–H groups in total. The van der Waals surface area contributed by atoms with Gasteiger partial charge in [0, 0.05) is 5.57 Å². The number of carbonyl (C=O) groups is 1. The van der Waals surface area contributed by atoms with Gasteiger partial charge in [0.1, 0.15) is 6.61 Å². The van der Waals surface area contributed by atoms with Crippen LogP contribution in [-0.4, -0.2) is 37.5 Å². The molecule has 0 saturated heterocycles. The molecule has 0 heterocycles. The van der Waals surface area contributed by atoms with Crippen molar-refractivity contribution in [3.63, 3.8) is 0 Å². The number of carbonyl (C=O) groups excluding carboxylic acids is 1. The zero-order chi connectivity index (χ0) is 15.0. The summed E-state index contributed by atoms with van der Waals surface area (Å²) in [5.41, 5.74) is 0.362. The Morgan fingerprint density at radius 1 is 1.35 bits per heavy atom. The second-order valence-electron chi connectivity index (χ2n) is 4.13. The number of rotatable bonds is 8. The second-order valence-corrected chi connectivity index (χ2v) is 4.13. The van der Waals surface area contributed by atoms with Gasteiger partial charge in [0.25, 0.3) is 0 Å². The standard InChI is InChI=1S/C15H20O5/c1-4-11(2)15(17)20-12(9-16)10-19-14-8-6-5-7-13(14)18-3/h5-8,12,16H,2,4,9-10H2,1,3H3. The molecule has 0 bridgehead atoms. The Balaban J connectivity index is 2.57. The van der Waals surface area contributed by atoms with Crippen LogP contribution in [-0.2, 0) is 9.53 Å². The minimum atomic E-state index is -0.740. The molecule has 0 aliphatic rings. The molecule has 0 saturated carbocycles.